The summed E-state index contributed by atoms with van der Waals surface area (Å²) in [4.78, 5) is 28.5. The van der Waals surface area contributed by atoms with Crippen LogP contribution in [0.15, 0.2) is 65.6 Å². The van der Waals surface area contributed by atoms with Gasteiger partial charge < -0.3 is 10.2 Å². The summed E-state index contributed by atoms with van der Waals surface area (Å²) in [5.74, 6) is -0.395. The van der Waals surface area contributed by atoms with Crippen molar-refractivity contribution in [2.24, 2.45) is 0 Å². The summed E-state index contributed by atoms with van der Waals surface area (Å²) in [6.07, 6.45) is 4.52. The summed E-state index contributed by atoms with van der Waals surface area (Å²) >= 11 is 6.39. The Morgan fingerprint density at radius 3 is 2.50 bits per heavy atom. The van der Waals surface area contributed by atoms with Gasteiger partial charge in [0.15, 0.2) is 0 Å². The lowest BCUT2D eigenvalue weighted by Crippen LogP contribution is -2.49. The molecule has 200 valence electrons. The predicted octanol–water partition coefficient (Wildman–Crippen LogP) is 5.26. The maximum atomic E-state index is 13.5. The summed E-state index contributed by atoms with van der Waals surface area (Å²) in [6, 6.07) is 17.6. The highest BCUT2D eigenvalue weighted by Gasteiger charge is 2.35. The summed E-state index contributed by atoms with van der Waals surface area (Å²) in [6.45, 7) is 2.11. The van der Waals surface area contributed by atoms with E-state index in [1.54, 1.807) is 36.1 Å². The average Bonchev–Trinajstić information content (AvgIpc) is 3.49. The van der Waals surface area contributed by atoms with Crippen LogP contribution in [0.3, 0.4) is 0 Å². The van der Waals surface area contributed by atoms with Crippen molar-refractivity contribution < 1.29 is 18.0 Å². The molecule has 38 heavy (non-hydrogen) atoms. The molecule has 1 heterocycles. The third kappa shape index (κ3) is 5.12. The zero-order valence-corrected chi connectivity index (χ0v) is 23.0. The van der Waals surface area contributed by atoms with E-state index in [0.29, 0.717) is 22.0 Å². The lowest BCUT2D eigenvalue weighted by Gasteiger charge is -2.30. The van der Waals surface area contributed by atoms with Gasteiger partial charge in [-0.25, -0.2) is 8.42 Å². The largest absolute Gasteiger partial charge is 0.352 e. The van der Waals surface area contributed by atoms with Crippen molar-refractivity contribution in [1.29, 1.82) is 0 Å². The van der Waals surface area contributed by atoms with Crippen molar-refractivity contribution in [1.82, 2.24) is 10.2 Å². The first-order valence-corrected chi connectivity index (χ1v) is 15.0. The van der Waals surface area contributed by atoms with Crippen molar-refractivity contribution in [2.45, 2.75) is 69.0 Å². The number of nitrogens with zero attached hydrogens (tertiary/aromatic N) is 2. The van der Waals surface area contributed by atoms with Gasteiger partial charge in [-0.3, -0.25) is 13.9 Å². The fraction of sp³-hybridized carbons (Fsp3) is 0.379. The van der Waals surface area contributed by atoms with Crippen LogP contribution in [0.5, 0.6) is 0 Å². The summed E-state index contributed by atoms with van der Waals surface area (Å²) in [5.41, 5.74) is 1.40. The highest BCUT2D eigenvalue weighted by atomic mass is 35.5. The van der Waals surface area contributed by atoms with Crippen LogP contribution in [0.4, 0.5) is 5.69 Å². The molecular weight excluding hydrogens is 522 g/mol. The normalized spacial score (nSPS) is 17.1. The molecule has 2 aliphatic rings. The van der Waals surface area contributed by atoms with E-state index < -0.39 is 16.1 Å². The molecule has 9 heteroatoms. The van der Waals surface area contributed by atoms with Gasteiger partial charge in [0.05, 0.1) is 10.6 Å². The number of rotatable bonds is 9. The zero-order valence-electron chi connectivity index (χ0n) is 21.4. The topological polar surface area (TPSA) is 86.8 Å². The van der Waals surface area contributed by atoms with Crippen molar-refractivity contribution in [3.63, 3.8) is 0 Å². The van der Waals surface area contributed by atoms with Gasteiger partial charge in [0, 0.05) is 36.0 Å². The van der Waals surface area contributed by atoms with Gasteiger partial charge >= 0.3 is 0 Å². The number of hydrogen-bond acceptors (Lipinski definition) is 4. The standard InChI is InChI=1S/C29H32ClN3O4S/c1-20(29(35)31-23-12-3-4-13-23)32(19-22-9-2-5-14-24(22)30)27(34)17-8-18-33-25-15-6-10-21-11-7-16-26(28(21)25)38(33,36)37/h2,5-7,9-11,14-16,20,23H,3-4,8,12-13,17-19H2,1H3,(H,31,35)/t20-/m1/s1. The van der Waals surface area contributed by atoms with Gasteiger partial charge in [0.2, 0.25) is 11.8 Å². The molecule has 1 N–H and O–H groups in total. The summed E-state index contributed by atoms with van der Waals surface area (Å²) in [5, 5.41) is 5.22. The molecule has 0 bridgehead atoms. The first-order valence-electron chi connectivity index (χ1n) is 13.1. The number of benzene rings is 3. The molecule has 1 saturated carbocycles. The van der Waals surface area contributed by atoms with E-state index in [9.17, 15) is 18.0 Å². The molecule has 3 aromatic rings. The van der Waals surface area contributed by atoms with E-state index >= 15 is 0 Å². The Kier molecular flexibility index (Phi) is 7.63. The third-order valence-corrected chi connectivity index (χ3v) is 9.82. The van der Waals surface area contributed by atoms with Gasteiger partial charge in [-0.1, -0.05) is 66.9 Å². The number of halogens is 1. The fourth-order valence-corrected chi connectivity index (χ4v) is 7.45. The molecule has 5 rings (SSSR count). The minimum absolute atomic E-state index is 0.101. The maximum absolute atomic E-state index is 13.5. The van der Waals surface area contributed by atoms with Crippen LogP contribution in [-0.2, 0) is 26.2 Å². The number of carbonyl (C=O) groups excluding carboxylic acids is 2. The molecule has 1 aliphatic heterocycles. The number of hydrogen-bond donors (Lipinski definition) is 1. The Labute approximate surface area is 228 Å². The second kappa shape index (κ2) is 10.9. The van der Waals surface area contributed by atoms with E-state index in [0.717, 1.165) is 42.0 Å². The van der Waals surface area contributed by atoms with Crippen LogP contribution in [0.25, 0.3) is 10.8 Å². The van der Waals surface area contributed by atoms with Crippen molar-refractivity contribution >= 4 is 49.9 Å². The smallest absolute Gasteiger partial charge is 0.265 e. The predicted molar refractivity (Wildman–Crippen MR) is 150 cm³/mol. The van der Waals surface area contributed by atoms with Gasteiger partial charge in [-0.15, -0.1) is 0 Å². The number of anilines is 1. The van der Waals surface area contributed by atoms with Crippen LogP contribution in [0, 0.1) is 0 Å². The second-order valence-electron chi connectivity index (χ2n) is 10.1. The summed E-state index contributed by atoms with van der Waals surface area (Å²) < 4.78 is 28.0. The van der Waals surface area contributed by atoms with Crippen LogP contribution in [0.2, 0.25) is 5.02 Å². The van der Waals surface area contributed by atoms with Crippen molar-refractivity contribution in [3.8, 4) is 0 Å². The minimum atomic E-state index is -3.69. The first-order chi connectivity index (χ1) is 18.3. The van der Waals surface area contributed by atoms with E-state index in [2.05, 4.69) is 5.32 Å². The molecule has 2 amide bonds. The second-order valence-corrected chi connectivity index (χ2v) is 12.3. The Morgan fingerprint density at radius 1 is 1.05 bits per heavy atom. The van der Waals surface area contributed by atoms with Crippen molar-refractivity contribution in [2.75, 3.05) is 10.8 Å². The van der Waals surface area contributed by atoms with Gasteiger partial charge in [-0.2, -0.15) is 0 Å². The molecule has 3 aromatic carbocycles. The lowest BCUT2D eigenvalue weighted by molar-refractivity contribution is -0.140. The first kappa shape index (κ1) is 26.5. The molecular formula is C29H32ClN3O4S. The third-order valence-electron chi connectivity index (χ3n) is 7.60. The van der Waals surface area contributed by atoms with E-state index in [1.807, 2.05) is 36.4 Å². The lowest BCUT2D eigenvalue weighted by atomic mass is 10.1. The van der Waals surface area contributed by atoms with Crippen LogP contribution < -0.4 is 9.62 Å². The number of carbonyl (C=O) groups is 2. The highest BCUT2D eigenvalue weighted by Crippen LogP contribution is 2.42. The molecule has 1 atom stereocenters. The zero-order chi connectivity index (χ0) is 26.9. The Morgan fingerprint density at radius 2 is 1.76 bits per heavy atom. The Balaban J connectivity index is 1.30. The number of nitrogens with one attached hydrogen (secondary N) is 1. The molecule has 0 radical (unpaired) electrons. The molecule has 1 fully saturated rings. The Bertz CT molecular complexity index is 1460. The number of sulfonamides is 1. The van der Waals surface area contributed by atoms with Crippen LogP contribution in [-0.4, -0.2) is 43.8 Å². The molecule has 0 saturated heterocycles. The molecule has 0 aromatic heterocycles. The fourth-order valence-electron chi connectivity index (χ4n) is 5.50. The van der Waals surface area contributed by atoms with E-state index in [4.69, 9.17) is 11.6 Å². The van der Waals surface area contributed by atoms with Gasteiger partial charge in [0.1, 0.15) is 6.04 Å². The van der Waals surface area contributed by atoms with Crippen LogP contribution >= 0.6 is 11.6 Å². The minimum Gasteiger partial charge on any atom is -0.352 e. The highest BCUT2D eigenvalue weighted by molar-refractivity contribution is 7.93. The van der Waals surface area contributed by atoms with Gasteiger partial charge in [0.25, 0.3) is 10.0 Å². The van der Waals surface area contributed by atoms with Gasteiger partial charge in [-0.05, 0) is 55.3 Å². The van der Waals surface area contributed by atoms with Crippen molar-refractivity contribution in [3.05, 3.63) is 71.2 Å². The quantitative estimate of drug-likeness (QED) is 0.392. The molecule has 7 nitrogen and oxygen atoms in total. The van der Waals surface area contributed by atoms with E-state index in [1.165, 1.54) is 4.31 Å². The Hall–Kier alpha value is -3.10. The monoisotopic (exact) mass is 553 g/mol. The number of amides is 2. The maximum Gasteiger partial charge on any atom is 0.265 e. The SMILES string of the molecule is C[C@H](C(=O)NC1CCCC1)N(Cc1ccccc1Cl)C(=O)CCCN1c2cccc3cccc(c23)S1(=O)=O. The molecule has 0 spiro atoms. The average molecular weight is 554 g/mol. The van der Waals surface area contributed by atoms with Crippen LogP contribution in [0.1, 0.15) is 51.0 Å². The molecule has 0 unspecified atom stereocenters. The summed E-state index contributed by atoms with van der Waals surface area (Å²) in [7, 11) is -3.69. The molecule has 1 aliphatic carbocycles. The van der Waals surface area contributed by atoms with E-state index in [-0.39, 0.29) is 37.4 Å².